The Labute approximate surface area is 130 Å². The van der Waals surface area contributed by atoms with Crippen molar-refractivity contribution in [2.45, 2.75) is 43.9 Å². The Hall–Kier alpha value is -1.26. The van der Waals surface area contributed by atoms with Gasteiger partial charge in [-0.1, -0.05) is 42.1 Å². The molecule has 21 heavy (non-hydrogen) atoms. The lowest BCUT2D eigenvalue weighted by molar-refractivity contribution is 0.0315. The van der Waals surface area contributed by atoms with Crippen molar-refractivity contribution < 1.29 is 4.74 Å². The van der Waals surface area contributed by atoms with Crippen LogP contribution in [0.5, 0.6) is 0 Å². The van der Waals surface area contributed by atoms with E-state index < -0.39 is 0 Å². The highest BCUT2D eigenvalue weighted by molar-refractivity contribution is 7.99. The molecular formula is C17H22N2OS. The van der Waals surface area contributed by atoms with Crippen molar-refractivity contribution in [1.29, 1.82) is 0 Å². The number of H-pyrrole nitrogens is 1. The molecule has 1 aliphatic rings. The van der Waals surface area contributed by atoms with Gasteiger partial charge in [-0.05, 0) is 31.7 Å². The maximum atomic E-state index is 5.77. The molecule has 0 radical (unpaired) electrons. The van der Waals surface area contributed by atoms with Crippen molar-refractivity contribution in [3.63, 3.8) is 0 Å². The summed E-state index contributed by atoms with van der Waals surface area (Å²) < 4.78 is 5.77. The minimum Gasteiger partial charge on any atom is -0.377 e. The van der Waals surface area contributed by atoms with E-state index in [4.69, 9.17) is 9.72 Å². The van der Waals surface area contributed by atoms with Gasteiger partial charge in [0.15, 0.2) is 5.16 Å². The maximum Gasteiger partial charge on any atom is 0.165 e. The van der Waals surface area contributed by atoms with Gasteiger partial charge in [-0.3, -0.25) is 0 Å². The molecule has 112 valence electrons. The van der Waals surface area contributed by atoms with E-state index in [0.29, 0.717) is 6.10 Å². The second kappa shape index (κ2) is 7.14. The molecule has 0 amide bonds. The second-order valence-corrected chi connectivity index (χ2v) is 6.58. The number of nitrogens with one attached hydrogen (secondary N) is 1. The number of benzene rings is 1. The van der Waals surface area contributed by atoms with Crippen LogP contribution < -0.4 is 0 Å². The van der Waals surface area contributed by atoms with E-state index in [1.165, 1.54) is 30.5 Å². The maximum absolute atomic E-state index is 5.77. The van der Waals surface area contributed by atoms with E-state index >= 15 is 0 Å². The molecule has 1 aliphatic heterocycles. The van der Waals surface area contributed by atoms with Crippen LogP contribution in [0, 0.1) is 6.92 Å². The Morgan fingerprint density at radius 2 is 2.14 bits per heavy atom. The van der Waals surface area contributed by atoms with E-state index in [1.54, 1.807) is 11.8 Å². The highest BCUT2D eigenvalue weighted by Crippen LogP contribution is 2.23. The van der Waals surface area contributed by atoms with Crippen LogP contribution in [0.1, 0.15) is 36.2 Å². The monoisotopic (exact) mass is 302 g/mol. The van der Waals surface area contributed by atoms with E-state index in [-0.39, 0.29) is 0 Å². The van der Waals surface area contributed by atoms with Gasteiger partial charge in [0.1, 0.15) is 0 Å². The van der Waals surface area contributed by atoms with Crippen LogP contribution in [-0.4, -0.2) is 28.4 Å². The summed E-state index contributed by atoms with van der Waals surface area (Å²) in [5, 5.41) is 1.02. The Kier molecular flexibility index (Phi) is 4.99. The summed E-state index contributed by atoms with van der Waals surface area (Å²) in [6.45, 7) is 3.02. The predicted molar refractivity (Wildman–Crippen MR) is 86.9 cm³/mol. The number of hydrogen-bond donors (Lipinski definition) is 1. The number of aromatic nitrogens is 2. The summed E-state index contributed by atoms with van der Waals surface area (Å²) in [4.78, 5) is 8.14. The predicted octanol–water partition coefficient (Wildman–Crippen LogP) is 3.97. The lowest BCUT2D eigenvalue weighted by Crippen LogP contribution is -2.21. The third-order valence-corrected chi connectivity index (χ3v) is 4.86. The van der Waals surface area contributed by atoms with Crippen molar-refractivity contribution in [1.82, 2.24) is 9.97 Å². The highest BCUT2D eigenvalue weighted by atomic mass is 32.2. The molecule has 2 aromatic rings. The molecule has 1 atom stereocenters. The summed E-state index contributed by atoms with van der Waals surface area (Å²) in [5.74, 6) is 0.998. The van der Waals surface area contributed by atoms with Crippen LogP contribution in [0.4, 0.5) is 0 Å². The van der Waals surface area contributed by atoms with Gasteiger partial charge in [-0.2, -0.15) is 0 Å². The van der Waals surface area contributed by atoms with Gasteiger partial charge in [0.05, 0.1) is 11.8 Å². The van der Waals surface area contributed by atoms with Crippen molar-refractivity contribution >= 4 is 11.8 Å². The van der Waals surface area contributed by atoms with Crippen LogP contribution in [0.3, 0.4) is 0 Å². The number of aromatic amines is 1. The molecule has 0 aliphatic carbocycles. The van der Waals surface area contributed by atoms with Crippen molar-refractivity contribution in [3.05, 3.63) is 47.3 Å². The van der Waals surface area contributed by atoms with E-state index in [1.807, 2.05) is 6.07 Å². The molecule has 2 heterocycles. The van der Waals surface area contributed by atoms with Crippen molar-refractivity contribution in [2.24, 2.45) is 0 Å². The first-order valence-corrected chi connectivity index (χ1v) is 8.63. The van der Waals surface area contributed by atoms with Gasteiger partial charge in [0.2, 0.25) is 0 Å². The van der Waals surface area contributed by atoms with Gasteiger partial charge >= 0.3 is 0 Å². The summed E-state index contributed by atoms with van der Waals surface area (Å²) in [6, 6.07) is 10.5. The van der Waals surface area contributed by atoms with Crippen LogP contribution in [-0.2, 0) is 11.2 Å². The summed E-state index contributed by atoms with van der Waals surface area (Å²) in [6.07, 6.45) is 4.98. The Morgan fingerprint density at radius 3 is 2.90 bits per heavy atom. The molecule has 1 fully saturated rings. The Morgan fingerprint density at radius 1 is 1.29 bits per heavy atom. The molecule has 0 bridgehead atoms. The molecule has 0 saturated carbocycles. The topological polar surface area (TPSA) is 37.9 Å². The van der Waals surface area contributed by atoms with E-state index in [2.05, 4.69) is 36.2 Å². The third kappa shape index (κ3) is 4.11. The van der Waals surface area contributed by atoms with Crippen molar-refractivity contribution in [3.8, 4) is 0 Å². The lowest BCUT2D eigenvalue weighted by atomic mass is 10.1. The molecule has 1 N–H and O–H groups in total. The average molecular weight is 302 g/mol. The molecule has 1 aromatic heterocycles. The number of ether oxygens (including phenoxy) is 1. The van der Waals surface area contributed by atoms with Gasteiger partial charge in [-0.25, -0.2) is 4.98 Å². The van der Waals surface area contributed by atoms with Crippen molar-refractivity contribution in [2.75, 3.05) is 12.4 Å². The molecule has 1 saturated heterocycles. The quantitative estimate of drug-likeness (QED) is 0.849. The zero-order valence-electron chi connectivity index (χ0n) is 12.5. The number of hydrogen-bond acceptors (Lipinski definition) is 3. The van der Waals surface area contributed by atoms with Gasteiger partial charge in [0, 0.05) is 24.5 Å². The van der Waals surface area contributed by atoms with Gasteiger partial charge < -0.3 is 9.72 Å². The normalized spacial score (nSPS) is 18.8. The minimum atomic E-state index is 0.395. The number of aryl methyl sites for hydroxylation is 1. The summed E-state index contributed by atoms with van der Waals surface area (Å²) >= 11 is 1.78. The third-order valence-electron chi connectivity index (χ3n) is 3.86. The molecule has 4 heteroatoms. The largest absolute Gasteiger partial charge is 0.377 e. The van der Waals surface area contributed by atoms with E-state index in [0.717, 1.165) is 29.6 Å². The second-order valence-electron chi connectivity index (χ2n) is 5.58. The highest BCUT2D eigenvalue weighted by Gasteiger charge is 2.15. The fraction of sp³-hybridized carbons (Fsp3) is 0.471. The minimum absolute atomic E-state index is 0.395. The zero-order valence-corrected chi connectivity index (χ0v) is 13.3. The van der Waals surface area contributed by atoms with E-state index in [9.17, 15) is 0 Å². The van der Waals surface area contributed by atoms with Crippen LogP contribution in [0.2, 0.25) is 0 Å². The molecule has 3 nitrogen and oxygen atoms in total. The first kappa shape index (κ1) is 14.7. The van der Waals surface area contributed by atoms with Crippen LogP contribution in [0.25, 0.3) is 0 Å². The van der Waals surface area contributed by atoms with Crippen LogP contribution >= 0.6 is 11.8 Å². The average Bonchev–Trinajstić information content (AvgIpc) is 2.87. The molecule has 0 spiro atoms. The summed E-state index contributed by atoms with van der Waals surface area (Å²) in [5.41, 5.74) is 3.62. The molecule has 3 rings (SSSR count). The fourth-order valence-electron chi connectivity index (χ4n) is 2.61. The lowest BCUT2D eigenvalue weighted by Gasteiger charge is -2.21. The first-order valence-electron chi connectivity index (χ1n) is 7.65. The molecular weight excluding hydrogens is 280 g/mol. The smallest absolute Gasteiger partial charge is 0.165 e. The summed E-state index contributed by atoms with van der Waals surface area (Å²) in [7, 11) is 0. The van der Waals surface area contributed by atoms with Crippen LogP contribution in [0.15, 0.2) is 35.5 Å². The zero-order chi connectivity index (χ0) is 14.5. The number of imidazole rings is 1. The number of rotatable bonds is 5. The van der Waals surface area contributed by atoms with Gasteiger partial charge in [0.25, 0.3) is 0 Å². The number of thioether (sulfide) groups is 1. The Bertz CT molecular complexity index is 561. The first-order chi connectivity index (χ1) is 10.3. The molecule has 1 aromatic carbocycles. The number of nitrogens with zero attached hydrogens (tertiary/aromatic N) is 1. The van der Waals surface area contributed by atoms with Gasteiger partial charge in [-0.15, -0.1) is 0 Å². The SMILES string of the molecule is Cc1[nH]c(SC[C@H]2CCCCO2)nc1Cc1ccccc1. The molecule has 0 unspecified atom stereocenters. The Balaban J connectivity index is 1.58. The fourth-order valence-corrected chi connectivity index (χ4v) is 3.61. The standard InChI is InChI=1S/C17H22N2OS/c1-13-16(11-14-7-3-2-4-8-14)19-17(18-13)21-12-15-9-5-6-10-20-15/h2-4,7-8,15H,5-6,9-12H2,1H3,(H,18,19)/t15-/m1/s1.